The second-order valence-electron chi connectivity index (χ2n) is 5.17. The van der Waals surface area contributed by atoms with Gasteiger partial charge in [0, 0.05) is 6.42 Å². The first-order chi connectivity index (χ1) is 8.58. The van der Waals surface area contributed by atoms with Gasteiger partial charge in [-0.1, -0.05) is 12.1 Å². The molecule has 1 aromatic carbocycles. The third-order valence-corrected chi connectivity index (χ3v) is 3.08. The van der Waals surface area contributed by atoms with Crippen molar-refractivity contribution in [1.29, 1.82) is 0 Å². The van der Waals surface area contributed by atoms with Crippen LogP contribution in [0.4, 0.5) is 3.89 Å². The summed E-state index contributed by atoms with van der Waals surface area (Å²) in [4.78, 5) is 11.1. The van der Waals surface area contributed by atoms with Gasteiger partial charge in [0.25, 0.3) is 0 Å². The molecule has 0 N–H and O–H groups in total. The van der Waals surface area contributed by atoms with Crippen LogP contribution in [0.1, 0.15) is 32.8 Å². The maximum absolute atomic E-state index is 12.7. The average Bonchev–Trinajstić information content (AvgIpc) is 2.23. The van der Waals surface area contributed by atoms with Crippen molar-refractivity contribution in [2.75, 3.05) is 0 Å². The van der Waals surface area contributed by atoms with Crippen molar-refractivity contribution in [1.82, 2.24) is 0 Å². The Morgan fingerprint density at radius 3 is 2.16 bits per heavy atom. The summed E-state index contributed by atoms with van der Waals surface area (Å²) in [6.07, 6.45) is 0.612. The number of rotatable bonds is 4. The van der Waals surface area contributed by atoms with Crippen LogP contribution < -0.4 is 0 Å². The van der Waals surface area contributed by atoms with Crippen LogP contribution in [-0.4, -0.2) is 20.0 Å². The largest absolute Gasteiger partial charge is 0.460 e. The van der Waals surface area contributed by atoms with Crippen molar-refractivity contribution in [2.24, 2.45) is 0 Å². The van der Waals surface area contributed by atoms with Crippen LogP contribution in [-0.2, 0) is 26.2 Å². The van der Waals surface area contributed by atoms with E-state index in [0.717, 1.165) is 5.56 Å². The molecule has 6 heteroatoms. The fourth-order valence-corrected chi connectivity index (χ4v) is 1.92. The zero-order valence-corrected chi connectivity index (χ0v) is 12.0. The highest BCUT2D eigenvalue weighted by atomic mass is 32.3. The monoisotopic (exact) mass is 288 g/mol. The molecule has 0 aliphatic rings. The zero-order valence-electron chi connectivity index (χ0n) is 11.1. The molecule has 0 fully saturated rings. The van der Waals surface area contributed by atoms with Crippen molar-refractivity contribution in [2.45, 2.75) is 44.1 Å². The zero-order chi connectivity index (χ0) is 14.7. The van der Waals surface area contributed by atoms with Crippen LogP contribution in [0.25, 0.3) is 0 Å². The maximum Gasteiger partial charge on any atom is 0.332 e. The topological polar surface area (TPSA) is 60.4 Å². The van der Waals surface area contributed by atoms with Crippen molar-refractivity contribution in [3.8, 4) is 0 Å². The summed E-state index contributed by atoms with van der Waals surface area (Å²) in [5.74, 6) is -0.324. The molecule has 19 heavy (non-hydrogen) atoms. The van der Waals surface area contributed by atoms with Gasteiger partial charge < -0.3 is 4.74 Å². The number of ether oxygens (including phenoxy) is 1. The van der Waals surface area contributed by atoms with E-state index in [9.17, 15) is 17.1 Å². The summed E-state index contributed by atoms with van der Waals surface area (Å²) >= 11 is 0. The second kappa shape index (κ2) is 5.69. The number of benzene rings is 1. The predicted molar refractivity (Wildman–Crippen MR) is 68.9 cm³/mol. The molecule has 0 heterocycles. The Bertz CT molecular complexity index is 541. The van der Waals surface area contributed by atoms with Gasteiger partial charge in [0.2, 0.25) is 0 Å². The van der Waals surface area contributed by atoms with Gasteiger partial charge >= 0.3 is 16.2 Å². The quantitative estimate of drug-likeness (QED) is 0.631. The highest BCUT2D eigenvalue weighted by molar-refractivity contribution is 7.86. The minimum atomic E-state index is -4.67. The van der Waals surface area contributed by atoms with Gasteiger partial charge in [0.15, 0.2) is 0 Å². The molecule has 0 saturated carbocycles. The molecule has 1 aromatic rings. The molecule has 0 aromatic heterocycles. The smallest absolute Gasteiger partial charge is 0.332 e. The van der Waals surface area contributed by atoms with Crippen LogP contribution in [0.15, 0.2) is 29.2 Å². The predicted octanol–water partition coefficient (Wildman–Crippen LogP) is 2.62. The second-order valence-corrected chi connectivity index (χ2v) is 6.52. The molecule has 4 nitrogen and oxygen atoms in total. The first-order valence-electron chi connectivity index (χ1n) is 5.83. The highest BCUT2D eigenvalue weighted by Crippen LogP contribution is 2.15. The number of carbonyl (C=O) groups excluding carboxylic acids is 1. The minimum absolute atomic E-state index is 0.193. The number of esters is 1. The summed E-state index contributed by atoms with van der Waals surface area (Å²) in [7, 11) is -4.67. The van der Waals surface area contributed by atoms with Gasteiger partial charge in [0.05, 0.1) is 4.90 Å². The number of hydrogen-bond donors (Lipinski definition) is 0. The van der Waals surface area contributed by atoms with Crippen molar-refractivity contribution in [3.63, 3.8) is 0 Å². The van der Waals surface area contributed by atoms with E-state index < -0.39 is 15.8 Å². The lowest BCUT2D eigenvalue weighted by Crippen LogP contribution is -2.24. The van der Waals surface area contributed by atoms with Gasteiger partial charge in [-0.3, -0.25) is 4.79 Å². The number of carbonyl (C=O) groups is 1. The molecule has 0 amide bonds. The molecule has 106 valence electrons. The number of hydrogen-bond acceptors (Lipinski definition) is 4. The Kier molecular flexibility index (Phi) is 4.68. The molecule has 0 aliphatic carbocycles. The van der Waals surface area contributed by atoms with E-state index in [1.54, 1.807) is 20.8 Å². The Balaban J connectivity index is 2.58. The molecule has 0 spiro atoms. The maximum atomic E-state index is 12.7. The van der Waals surface area contributed by atoms with Gasteiger partial charge in [-0.05, 0) is 44.9 Å². The Labute approximate surface area is 112 Å². The van der Waals surface area contributed by atoms with Crippen LogP contribution >= 0.6 is 0 Å². The summed E-state index contributed by atoms with van der Waals surface area (Å²) in [6, 6.07) is 5.33. The van der Waals surface area contributed by atoms with Gasteiger partial charge in [-0.2, -0.15) is 8.42 Å². The van der Waals surface area contributed by atoms with E-state index in [-0.39, 0.29) is 17.3 Å². The summed E-state index contributed by atoms with van der Waals surface area (Å²) in [6.45, 7) is 5.35. The number of halogens is 1. The molecule has 0 unspecified atom stereocenters. The summed E-state index contributed by atoms with van der Waals surface area (Å²) in [5, 5.41) is 0. The van der Waals surface area contributed by atoms with Crippen molar-refractivity contribution < 1.29 is 21.8 Å². The molecule has 1 rings (SSSR count). The fourth-order valence-electron chi connectivity index (χ4n) is 1.46. The molecule has 0 radical (unpaired) electrons. The van der Waals surface area contributed by atoms with E-state index in [1.165, 1.54) is 24.3 Å². The van der Waals surface area contributed by atoms with E-state index in [1.807, 2.05) is 0 Å². The number of aryl methyl sites for hydroxylation is 1. The van der Waals surface area contributed by atoms with Crippen LogP contribution in [0.3, 0.4) is 0 Å². The highest BCUT2D eigenvalue weighted by Gasteiger charge is 2.16. The lowest BCUT2D eigenvalue weighted by Gasteiger charge is -2.19. The summed E-state index contributed by atoms with van der Waals surface area (Å²) in [5.41, 5.74) is 0.224. The average molecular weight is 288 g/mol. The summed E-state index contributed by atoms with van der Waals surface area (Å²) < 4.78 is 39.0. The first kappa shape index (κ1) is 15.6. The van der Waals surface area contributed by atoms with Gasteiger partial charge in [0.1, 0.15) is 5.60 Å². The van der Waals surface area contributed by atoms with E-state index in [0.29, 0.717) is 6.42 Å². The molecule has 0 aliphatic heterocycles. The molecule has 0 atom stereocenters. The standard InChI is InChI=1S/C13H17FO4S/c1-13(2,3)18-12(15)9-6-10-4-7-11(8-5-10)19(14,16)17/h4-5,7-8H,6,9H2,1-3H3. The van der Waals surface area contributed by atoms with Crippen molar-refractivity contribution in [3.05, 3.63) is 29.8 Å². The molecule has 0 saturated heterocycles. The fraction of sp³-hybridized carbons (Fsp3) is 0.462. The Morgan fingerprint density at radius 1 is 1.21 bits per heavy atom. The van der Waals surface area contributed by atoms with Gasteiger partial charge in [-0.25, -0.2) is 0 Å². The van der Waals surface area contributed by atoms with E-state index in [2.05, 4.69) is 0 Å². The third-order valence-electron chi connectivity index (χ3n) is 2.24. The van der Waals surface area contributed by atoms with Crippen LogP contribution in [0, 0.1) is 0 Å². The van der Waals surface area contributed by atoms with E-state index >= 15 is 0 Å². The lowest BCUT2D eigenvalue weighted by atomic mass is 10.1. The van der Waals surface area contributed by atoms with Gasteiger partial charge in [-0.15, -0.1) is 3.89 Å². The van der Waals surface area contributed by atoms with Crippen molar-refractivity contribution >= 4 is 16.2 Å². The molecule has 0 bridgehead atoms. The Hall–Kier alpha value is -1.43. The molecular formula is C13H17FO4S. The lowest BCUT2D eigenvalue weighted by molar-refractivity contribution is -0.154. The third kappa shape index (κ3) is 5.83. The van der Waals surface area contributed by atoms with Crippen LogP contribution in [0.5, 0.6) is 0 Å². The Morgan fingerprint density at radius 2 is 1.74 bits per heavy atom. The van der Waals surface area contributed by atoms with E-state index in [4.69, 9.17) is 4.74 Å². The minimum Gasteiger partial charge on any atom is -0.460 e. The molecular weight excluding hydrogens is 271 g/mol. The van der Waals surface area contributed by atoms with Crippen LogP contribution in [0.2, 0.25) is 0 Å². The normalized spacial score (nSPS) is 12.2. The SMILES string of the molecule is CC(C)(C)OC(=O)CCc1ccc(S(=O)(=O)F)cc1. The first-order valence-corrected chi connectivity index (χ1v) is 7.22.